The smallest absolute Gasteiger partial charge is 0.303 e. The molecule has 1 aromatic carbocycles. The molecule has 32 heavy (non-hydrogen) atoms. The van der Waals surface area contributed by atoms with E-state index in [0.29, 0.717) is 29.4 Å². The summed E-state index contributed by atoms with van der Waals surface area (Å²) in [5.41, 5.74) is -1.24. The van der Waals surface area contributed by atoms with Crippen LogP contribution in [0.15, 0.2) is 36.6 Å². The molecule has 3 aliphatic rings. The summed E-state index contributed by atoms with van der Waals surface area (Å²) < 4.78 is 34.3. The lowest BCUT2D eigenvalue weighted by Crippen LogP contribution is -2.60. The van der Waals surface area contributed by atoms with E-state index in [1.165, 1.54) is 21.1 Å². The molecule has 0 unspecified atom stereocenters. The summed E-state index contributed by atoms with van der Waals surface area (Å²) in [6.07, 6.45) is 2.18. The Hall–Kier alpha value is -2.71. The fourth-order valence-electron chi connectivity index (χ4n) is 5.93. The second-order valence-corrected chi connectivity index (χ2v) is 8.53. The molecule has 2 bridgehead atoms. The van der Waals surface area contributed by atoms with Crippen LogP contribution < -0.4 is 14.2 Å². The van der Waals surface area contributed by atoms with Crippen molar-refractivity contribution in [3.63, 3.8) is 0 Å². The second kappa shape index (κ2) is 8.01. The van der Waals surface area contributed by atoms with Crippen LogP contribution in [0, 0.1) is 11.3 Å². The van der Waals surface area contributed by atoms with Crippen LogP contribution in [0.25, 0.3) is 0 Å². The van der Waals surface area contributed by atoms with E-state index in [0.717, 1.165) is 5.56 Å². The average molecular weight is 446 g/mol. The number of aliphatic hydroxyl groups is 1. The van der Waals surface area contributed by atoms with Gasteiger partial charge in [0.15, 0.2) is 17.6 Å². The van der Waals surface area contributed by atoms with Gasteiger partial charge in [-0.15, -0.1) is 6.58 Å². The van der Waals surface area contributed by atoms with E-state index in [-0.39, 0.29) is 12.7 Å². The predicted octanol–water partition coefficient (Wildman–Crippen LogP) is 2.94. The van der Waals surface area contributed by atoms with Crippen LogP contribution >= 0.6 is 0 Å². The van der Waals surface area contributed by atoms with Gasteiger partial charge in [-0.05, 0) is 36.1 Å². The van der Waals surface area contributed by atoms with Gasteiger partial charge >= 0.3 is 5.97 Å². The van der Waals surface area contributed by atoms with Gasteiger partial charge in [0.05, 0.1) is 20.3 Å². The van der Waals surface area contributed by atoms with Crippen LogP contribution in [-0.4, -0.2) is 57.0 Å². The number of hydrogen-bond acceptors (Lipinski definition) is 8. The Labute approximate surface area is 187 Å². The monoisotopic (exact) mass is 446 g/mol. The highest BCUT2D eigenvalue weighted by molar-refractivity contribution is 5.67. The van der Waals surface area contributed by atoms with Crippen molar-refractivity contribution in [2.24, 2.45) is 11.3 Å². The Morgan fingerprint density at radius 1 is 1.28 bits per heavy atom. The molecule has 4 rings (SSSR count). The molecule has 0 amide bonds. The van der Waals surface area contributed by atoms with Crippen LogP contribution in [-0.2, 0) is 19.0 Å². The van der Waals surface area contributed by atoms with Gasteiger partial charge in [-0.25, -0.2) is 0 Å². The molecule has 1 N–H and O–H groups in total. The van der Waals surface area contributed by atoms with Crippen molar-refractivity contribution in [3.8, 4) is 17.2 Å². The first-order valence-corrected chi connectivity index (χ1v) is 10.6. The fourth-order valence-corrected chi connectivity index (χ4v) is 5.93. The number of allylic oxidation sites excluding steroid dienone is 1. The minimum Gasteiger partial charge on any atom is -0.497 e. The molecule has 8 nitrogen and oxygen atoms in total. The lowest BCUT2D eigenvalue weighted by atomic mass is 9.69. The lowest BCUT2D eigenvalue weighted by Gasteiger charge is -2.47. The number of carbonyl (C=O) groups excluding carboxylic acids is 1. The first kappa shape index (κ1) is 22.5. The zero-order valence-corrected chi connectivity index (χ0v) is 19.0. The topological polar surface area (TPSA) is 92.7 Å². The van der Waals surface area contributed by atoms with Gasteiger partial charge in [-0.3, -0.25) is 4.79 Å². The molecule has 6 atom stereocenters. The Kier molecular flexibility index (Phi) is 5.63. The quantitative estimate of drug-likeness (QED) is 0.505. The van der Waals surface area contributed by atoms with Crippen molar-refractivity contribution in [2.75, 3.05) is 28.1 Å². The van der Waals surface area contributed by atoms with Crippen LogP contribution in [0.2, 0.25) is 0 Å². The third-order valence-corrected chi connectivity index (χ3v) is 7.26. The van der Waals surface area contributed by atoms with Gasteiger partial charge in [0.2, 0.25) is 12.5 Å². The van der Waals surface area contributed by atoms with E-state index < -0.39 is 35.1 Å². The summed E-state index contributed by atoms with van der Waals surface area (Å²) in [6.45, 7) is 7.38. The SMILES string of the molecule is C=CC[C@@]12C=C(OC)[C@@H](OC(C)=O)[C@@](OC)([C@@H](c3cc(OC)c4c(c3)OCO4)[C@@H]1C)[C@H]2O. The summed E-state index contributed by atoms with van der Waals surface area (Å²) >= 11 is 0. The van der Waals surface area contributed by atoms with Crippen LogP contribution in [0.3, 0.4) is 0 Å². The van der Waals surface area contributed by atoms with Gasteiger partial charge in [0.25, 0.3) is 0 Å². The highest BCUT2D eigenvalue weighted by Crippen LogP contribution is 2.66. The molecule has 0 saturated heterocycles. The lowest BCUT2D eigenvalue weighted by molar-refractivity contribution is -0.199. The van der Waals surface area contributed by atoms with E-state index in [4.69, 9.17) is 28.4 Å². The molecular formula is C24H30O8. The Morgan fingerprint density at radius 3 is 2.62 bits per heavy atom. The number of hydrogen-bond donors (Lipinski definition) is 1. The minimum atomic E-state index is -1.31. The molecule has 1 aliphatic heterocycles. The van der Waals surface area contributed by atoms with Crippen LogP contribution in [0.5, 0.6) is 17.2 Å². The minimum absolute atomic E-state index is 0.0965. The van der Waals surface area contributed by atoms with E-state index in [2.05, 4.69) is 13.5 Å². The Morgan fingerprint density at radius 2 is 2.03 bits per heavy atom. The van der Waals surface area contributed by atoms with E-state index in [9.17, 15) is 9.90 Å². The molecule has 1 saturated carbocycles. The maximum atomic E-state index is 12.1. The third kappa shape index (κ3) is 2.85. The summed E-state index contributed by atoms with van der Waals surface area (Å²) in [7, 11) is 4.60. The van der Waals surface area contributed by atoms with Crippen LogP contribution in [0.1, 0.15) is 31.7 Å². The predicted molar refractivity (Wildman–Crippen MR) is 115 cm³/mol. The number of rotatable bonds is 7. The molecule has 2 aliphatic carbocycles. The third-order valence-electron chi connectivity index (χ3n) is 7.26. The fraction of sp³-hybridized carbons (Fsp3) is 0.542. The number of esters is 1. The van der Waals surface area contributed by atoms with E-state index in [1.54, 1.807) is 13.2 Å². The Bertz CT molecular complexity index is 956. The van der Waals surface area contributed by atoms with Crippen molar-refractivity contribution in [1.82, 2.24) is 0 Å². The van der Waals surface area contributed by atoms with Gasteiger partial charge < -0.3 is 33.5 Å². The Balaban J connectivity index is 1.98. The molecule has 0 aromatic heterocycles. The number of carbonyl (C=O) groups is 1. The normalized spacial score (nSPS) is 34.6. The summed E-state index contributed by atoms with van der Waals surface area (Å²) in [5.74, 6) is 0.993. The van der Waals surface area contributed by atoms with Crippen molar-refractivity contribution in [3.05, 3.63) is 42.2 Å². The molecule has 1 fully saturated rings. The van der Waals surface area contributed by atoms with E-state index in [1.807, 2.05) is 18.2 Å². The maximum Gasteiger partial charge on any atom is 0.303 e. The molecule has 1 aromatic rings. The van der Waals surface area contributed by atoms with Gasteiger partial charge in [-0.2, -0.15) is 0 Å². The number of methoxy groups -OCH3 is 3. The molecular weight excluding hydrogens is 416 g/mol. The summed E-state index contributed by atoms with van der Waals surface area (Å²) in [6, 6.07) is 3.74. The highest BCUT2D eigenvalue weighted by atomic mass is 16.7. The summed E-state index contributed by atoms with van der Waals surface area (Å²) in [4.78, 5) is 12.1. The molecule has 0 radical (unpaired) electrons. The van der Waals surface area contributed by atoms with Crippen molar-refractivity contribution in [2.45, 2.75) is 44.0 Å². The number of benzene rings is 1. The van der Waals surface area contributed by atoms with Crippen molar-refractivity contribution >= 4 is 5.97 Å². The number of aliphatic hydroxyl groups excluding tert-OH is 1. The van der Waals surface area contributed by atoms with Gasteiger partial charge in [-0.1, -0.05) is 13.0 Å². The molecule has 8 heteroatoms. The number of fused-ring (bicyclic) bond motifs is 3. The van der Waals surface area contributed by atoms with Gasteiger partial charge in [0, 0.05) is 25.4 Å². The van der Waals surface area contributed by atoms with Crippen molar-refractivity contribution in [1.29, 1.82) is 0 Å². The molecule has 0 spiro atoms. The van der Waals surface area contributed by atoms with Gasteiger partial charge in [0.1, 0.15) is 11.4 Å². The highest BCUT2D eigenvalue weighted by Gasteiger charge is 2.73. The summed E-state index contributed by atoms with van der Waals surface area (Å²) in [5, 5.41) is 11.8. The zero-order chi connectivity index (χ0) is 23.3. The average Bonchev–Trinajstić information content (AvgIpc) is 3.29. The molecule has 174 valence electrons. The largest absolute Gasteiger partial charge is 0.497 e. The molecule has 1 heterocycles. The van der Waals surface area contributed by atoms with Crippen LogP contribution in [0.4, 0.5) is 0 Å². The van der Waals surface area contributed by atoms with E-state index >= 15 is 0 Å². The van der Waals surface area contributed by atoms with Crippen molar-refractivity contribution < 1.29 is 38.3 Å². The first-order valence-electron chi connectivity index (χ1n) is 10.6. The zero-order valence-electron chi connectivity index (χ0n) is 19.0. The number of ether oxygens (including phenoxy) is 6. The second-order valence-electron chi connectivity index (χ2n) is 8.53. The first-order chi connectivity index (χ1) is 15.3. The maximum absolute atomic E-state index is 12.1. The standard InChI is InChI=1S/C24H30O8/c1-7-8-23-11-18(28-5)21(32-14(3)25)24(29-6,22(23)26)19(13(23)2)15-9-16(27-4)20-17(10-15)30-12-31-20/h7,9-11,13,19,21-22,26H,1,8,12H2,2-6H3/t13-,19+,21+,22-,23+,24-/m0/s1.